The van der Waals surface area contributed by atoms with Gasteiger partial charge in [0.15, 0.2) is 0 Å². The van der Waals surface area contributed by atoms with Gasteiger partial charge in [-0.25, -0.2) is 0 Å². The Balaban J connectivity index is 2.24. The highest BCUT2D eigenvalue weighted by atomic mass is 15.1. The summed E-state index contributed by atoms with van der Waals surface area (Å²) in [5.41, 5.74) is 1.61. The van der Waals surface area contributed by atoms with Crippen molar-refractivity contribution in [3.8, 4) is 18.2 Å². The van der Waals surface area contributed by atoms with E-state index in [1.165, 1.54) is 0 Å². The molecule has 0 N–H and O–H groups in total. The Morgan fingerprint density at radius 3 is 2.48 bits per heavy atom. The second-order valence-corrected chi connectivity index (χ2v) is 4.82. The maximum atomic E-state index is 9.32. The summed E-state index contributed by atoms with van der Waals surface area (Å²) in [5.74, 6) is -1.15. The molecule has 102 valence electrons. The first-order chi connectivity index (χ1) is 10.3. The van der Waals surface area contributed by atoms with Crippen LogP contribution in [0.3, 0.4) is 0 Å². The first kappa shape index (κ1) is 14.4. The van der Waals surface area contributed by atoms with E-state index in [1.54, 1.807) is 6.20 Å². The minimum atomic E-state index is -0.794. The lowest BCUT2D eigenvalue weighted by atomic mass is 9.86. The Morgan fingerprint density at radius 1 is 1.14 bits per heavy atom. The smallest absolute Gasteiger partial charge is 0.141 e. The van der Waals surface area contributed by atoms with E-state index in [4.69, 9.17) is 10.5 Å². The van der Waals surface area contributed by atoms with Crippen LogP contribution in [0.5, 0.6) is 0 Å². The van der Waals surface area contributed by atoms with E-state index in [2.05, 4.69) is 6.07 Å². The van der Waals surface area contributed by atoms with Crippen molar-refractivity contribution >= 4 is 0 Å². The second-order valence-electron chi connectivity index (χ2n) is 4.82. The van der Waals surface area contributed by atoms with Crippen molar-refractivity contribution in [2.75, 3.05) is 0 Å². The summed E-state index contributed by atoms with van der Waals surface area (Å²) in [5, 5.41) is 27.4. The number of nitriles is 3. The number of benzene rings is 1. The Labute approximate surface area is 124 Å². The van der Waals surface area contributed by atoms with Crippen LogP contribution in [0.25, 0.3) is 0 Å². The van der Waals surface area contributed by atoms with Gasteiger partial charge in [-0.1, -0.05) is 36.4 Å². The standard InChI is InChI=1S/C17H14N4/c18-9-15(10-19)17-7-4-8-21(13-16(17)11-20)12-14-5-2-1-3-6-14/h1-6,8,13,15,17H,7,12H2. The monoisotopic (exact) mass is 274 g/mol. The normalized spacial score (nSPS) is 17.3. The summed E-state index contributed by atoms with van der Waals surface area (Å²) in [4.78, 5) is 1.92. The SMILES string of the molecule is N#CC1=CN(Cc2ccccc2)C=CCC1C(C#N)C#N. The van der Waals surface area contributed by atoms with Gasteiger partial charge in [-0.2, -0.15) is 15.8 Å². The molecule has 1 unspecified atom stereocenters. The Kier molecular flexibility index (Phi) is 4.75. The minimum absolute atomic E-state index is 0.359. The number of nitrogens with zero attached hydrogens (tertiary/aromatic N) is 4. The summed E-state index contributed by atoms with van der Waals surface area (Å²) in [6, 6.07) is 16.0. The highest BCUT2D eigenvalue weighted by Crippen LogP contribution is 2.27. The Morgan fingerprint density at radius 2 is 1.86 bits per heavy atom. The van der Waals surface area contributed by atoms with Crippen LogP contribution in [0, 0.1) is 45.8 Å². The zero-order valence-corrected chi connectivity index (χ0v) is 11.5. The molecular formula is C17H14N4. The number of allylic oxidation sites excluding steroid dienone is 2. The molecule has 1 atom stereocenters. The summed E-state index contributed by atoms with van der Waals surface area (Å²) in [6.45, 7) is 0.652. The van der Waals surface area contributed by atoms with E-state index in [9.17, 15) is 5.26 Å². The Bertz CT molecular complexity index is 653. The molecule has 1 heterocycles. The molecular weight excluding hydrogens is 260 g/mol. The molecule has 0 radical (unpaired) electrons. The van der Waals surface area contributed by atoms with E-state index in [-0.39, 0.29) is 5.92 Å². The molecule has 0 bridgehead atoms. The van der Waals surface area contributed by atoms with Crippen molar-refractivity contribution in [3.05, 3.63) is 59.9 Å². The van der Waals surface area contributed by atoms with Gasteiger partial charge in [0.25, 0.3) is 0 Å². The molecule has 2 rings (SSSR count). The molecule has 0 saturated heterocycles. The fraction of sp³-hybridized carbons (Fsp3) is 0.235. The van der Waals surface area contributed by atoms with Crippen LogP contribution < -0.4 is 0 Å². The summed E-state index contributed by atoms with van der Waals surface area (Å²) < 4.78 is 0. The maximum Gasteiger partial charge on any atom is 0.141 e. The van der Waals surface area contributed by atoms with Crippen LogP contribution in [0.2, 0.25) is 0 Å². The fourth-order valence-electron chi connectivity index (χ4n) is 2.32. The van der Waals surface area contributed by atoms with Crippen LogP contribution >= 0.6 is 0 Å². The lowest BCUT2D eigenvalue weighted by Gasteiger charge is -2.16. The third-order valence-corrected chi connectivity index (χ3v) is 3.41. The van der Waals surface area contributed by atoms with Crippen molar-refractivity contribution in [1.82, 2.24) is 4.90 Å². The molecule has 0 amide bonds. The molecule has 4 heteroatoms. The van der Waals surface area contributed by atoms with Gasteiger partial charge < -0.3 is 4.90 Å². The number of rotatable bonds is 3. The van der Waals surface area contributed by atoms with E-state index in [0.29, 0.717) is 18.5 Å². The second kappa shape index (κ2) is 6.94. The van der Waals surface area contributed by atoms with Crippen LogP contribution in [0.15, 0.2) is 54.4 Å². The summed E-state index contributed by atoms with van der Waals surface area (Å²) in [7, 11) is 0. The van der Waals surface area contributed by atoms with Crippen molar-refractivity contribution < 1.29 is 0 Å². The molecule has 0 saturated carbocycles. The minimum Gasteiger partial charge on any atom is -0.349 e. The van der Waals surface area contributed by atoms with Gasteiger partial charge in [0.1, 0.15) is 5.92 Å². The molecule has 1 aromatic rings. The van der Waals surface area contributed by atoms with E-state index >= 15 is 0 Å². The number of hydrogen-bond acceptors (Lipinski definition) is 4. The highest BCUT2D eigenvalue weighted by molar-refractivity contribution is 5.31. The third kappa shape index (κ3) is 3.50. The van der Waals surface area contributed by atoms with Crippen LogP contribution in [-0.4, -0.2) is 4.90 Å². The quantitative estimate of drug-likeness (QED) is 0.848. The molecule has 0 spiro atoms. The van der Waals surface area contributed by atoms with Gasteiger partial charge in [0, 0.05) is 18.7 Å². The van der Waals surface area contributed by atoms with Crippen LogP contribution in [0.4, 0.5) is 0 Å². The molecule has 1 aliphatic heterocycles. The molecule has 1 aliphatic rings. The van der Waals surface area contributed by atoms with Gasteiger partial charge in [-0.15, -0.1) is 0 Å². The first-order valence-corrected chi connectivity index (χ1v) is 6.66. The van der Waals surface area contributed by atoms with Gasteiger partial charge >= 0.3 is 0 Å². The van der Waals surface area contributed by atoms with Crippen LogP contribution in [-0.2, 0) is 6.54 Å². The molecule has 0 fully saturated rings. The van der Waals surface area contributed by atoms with Gasteiger partial charge in [-0.3, -0.25) is 0 Å². The lowest BCUT2D eigenvalue weighted by Crippen LogP contribution is -2.14. The van der Waals surface area contributed by atoms with Crippen molar-refractivity contribution in [1.29, 1.82) is 15.8 Å². The van der Waals surface area contributed by atoms with Crippen molar-refractivity contribution in [2.45, 2.75) is 13.0 Å². The fourth-order valence-corrected chi connectivity index (χ4v) is 2.32. The lowest BCUT2D eigenvalue weighted by molar-refractivity contribution is 0.495. The largest absolute Gasteiger partial charge is 0.349 e. The average Bonchev–Trinajstić information content (AvgIpc) is 2.72. The predicted octanol–water partition coefficient (Wildman–Crippen LogP) is 3.09. The van der Waals surface area contributed by atoms with Gasteiger partial charge in [-0.05, 0) is 18.2 Å². The molecule has 0 aromatic heterocycles. The van der Waals surface area contributed by atoms with E-state index in [0.717, 1.165) is 5.56 Å². The van der Waals surface area contributed by atoms with E-state index in [1.807, 2.05) is 59.6 Å². The number of hydrogen-bond donors (Lipinski definition) is 0. The zero-order chi connectivity index (χ0) is 15.1. The van der Waals surface area contributed by atoms with Gasteiger partial charge in [0.05, 0.1) is 23.8 Å². The van der Waals surface area contributed by atoms with Crippen molar-refractivity contribution in [2.24, 2.45) is 11.8 Å². The van der Waals surface area contributed by atoms with Crippen LogP contribution in [0.1, 0.15) is 12.0 Å². The van der Waals surface area contributed by atoms with Crippen molar-refractivity contribution in [3.63, 3.8) is 0 Å². The summed E-state index contributed by atoms with van der Waals surface area (Å²) >= 11 is 0. The van der Waals surface area contributed by atoms with E-state index < -0.39 is 5.92 Å². The molecule has 4 nitrogen and oxygen atoms in total. The van der Waals surface area contributed by atoms with Gasteiger partial charge in [0.2, 0.25) is 0 Å². The summed E-state index contributed by atoms with van der Waals surface area (Å²) in [6.07, 6.45) is 6.07. The topological polar surface area (TPSA) is 74.6 Å². The molecule has 0 aliphatic carbocycles. The molecule has 1 aromatic carbocycles. The third-order valence-electron chi connectivity index (χ3n) is 3.41. The maximum absolute atomic E-state index is 9.32. The Hall–Kier alpha value is -3.03. The molecule has 21 heavy (non-hydrogen) atoms. The highest BCUT2D eigenvalue weighted by Gasteiger charge is 2.26. The zero-order valence-electron chi connectivity index (χ0n) is 11.5. The first-order valence-electron chi connectivity index (χ1n) is 6.66. The average molecular weight is 274 g/mol. The predicted molar refractivity (Wildman–Crippen MR) is 77.6 cm³/mol.